The lowest BCUT2D eigenvalue weighted by atomic mass is 10.1. The summed E-state index contributed by atoms with van der Waals surface area (Å²) >= 11 is 0. The molecule has 0 radical (unpaired) electrons. The minimum absolute atomic E-state index is 0.0735. The Morgan fingerprint density at radius 2 is 1.57 bits per heavy atom. The Labute approximate surface area is 232 Å². The molecule has 40 heavy (non-hydrogen) atoms. The van der Waals surface area contributed by atoms with Crippen molar-refractivity contribution in [2.75, 3.05) is 26.2 Å². The summed E-state index contributed by atoms with van der Waals surface area (Å²) in [6, 6.07) is 28.9. The molecule has 0 bridgehead atoms. The van der Waals surface area contributed by atoms with Gasteiger partial charge in [-0.3, -0.25) is 19.8 Å². The highest BCUT2D eigenvalue weighted by atomic mass is 16.6. The molecule has 0 aliphatic carbocycles. The predicted octanol–water partition coefficient (Wildman–Crippen LogP) is 5.84. The first-order valence-corrected chi connectivity index (χ1v) is 13.4. The molecule has 1 fully saturated rings. The molecular weight excluding hydrogens is 502 g/mol. The Kier molecular flexibility index (Phi) is 6.84. The van der Waals surface area contributed by atoms with E-state index in [1.165, 1.54) is 17.7 Å². The van der Waals surface area contributed by atoms with Crippen molar-refractivity contribution >= 4 is 17.2 Å². The van der Waals surface area contributed by atoms with E-state index in [1.54, 1.807) is 17.0 Å². The zero-order chi connectivity index (χ0) is 27.6. The Bertz CT molecular complexity index is 1690. The topological polar surface area (TPSA) is 84.0 Å². The molecule has 6 rings (SSSR count). The molecule has 1 amide bonds. The Balaban J connectivity index is 1.27. The number of rotatable bonds is 6. The number of amides is 1. The number of aromatic nitrogens is 2. The number of aryl methyl sites for hydroxylation is 1. The van der Waals surface area contributed by atoms with E-state index in [-0.39, 0.29) is 11.6 Å². The standard InChI is InChI=1S/C32H29N5O3/c1-23-10-12-25(13-11-23)31-29(36-21-27(14-15-30(36)33-31)24-6-3-2-4-7-24)22-34-16-18-35(19-17-34)32(38)26-8-5-9-28(20-26)37(39)40/h2-15,20-21H,16-19,22H2,1H3. The normalized spacial score (nSPS) is 14.0. The molecular formula is C32H29N5O3. The summed E-state index contributed by atoms with van der Waals surface area (Å²) in [4.78, 5) is 32.9. The second-order valence-corrected chi connectivity index (χ2v) is 10.2. The molecule has 0 saturated carbocycles. The molecule has 5 aromatic rings. The number of nitro benzene ring substituents is 1. The quantitative estimate of drug-likeness (QED) is 0.203. The second kappa shape index (κ2) is 10.7. The maximum absolute atomic E-state index is 13.1. The molecule has 8 heteroatoms. The maximum atomic E-state index is 13.1. The third-order valence-corrected chi connectivity index (χ3v) is 7.49. The highest BCUT2D eigenvalue weighted by Crippen LogP contribution is 2.29. The second-order valence-electron chi connectivity index (χ2n) is 10.2. The summed E-state index contributed by atoms with van der Waals surface area (Å²) in [6.45, 7) is 5.25. The van der Waals surface area contributed by atoms with Crippen LogP contribution in [0.1, 0.15) is 21.6 Å². The minimum Gasteiger partial charge on any atom is -0.336 e. The Morgan fingerprint density at radius 1 is 0.850 bits per heavy atom. The third kappa shape index (κ3) is 5.09. The molecule has 0 N–H and O–H groups in total. The molecule has 1 aliphatic rings. The molecule has 1 saturated heterocycles. The van der Waals surface area contributed by atoms with E-state index in [9.17, 15) is 14.9 Å². The van der Waals surface area contributed by atoms with Gasteiger partial charge < -0.3 is 9.30 Å². The van der Waals surface area contributed by atoms with Gasteiger partial charge in [-0.1, -0.05) is 66.2 Å². The number of nitrogens with zero attached hydrogens (tertiary/aromatic N) is 5. The molecule has 0 unspecified atom stereocenters. The van der Waals surface area contributed by atoms with Crippen molar-refractivity contribution in [3.8, 4) is 22.4 Å². The van der Waals surface area contributed by atoms with Crippen LogP contribution >= 0.6 is 0 Å². The van der Waals surface area contributed by atoms with Gasteiger partial charge in [0.05, 0.1) is 16.3 Å². The summed E-state index contributed by atoms with van der Waals surface area (Å²) in [5.74, 6) is -0.175. The van der Waals surface area contributed by atoms with E-state index in [2.05, 4.69) is 71.0 Å². The van der Waals surface area contributed by atoms with Gasteiger partial charge in [-0.25, -0.2) is 4.98 Å². The molecule has 3 heterocycles. The number of carbonyl (C=O) groups excluding carboxylic acids is 1. The molecule has 0 atom stereocenters. The number of piperazine rings is 1. The van der Waals surface area contributed by atoms with E-state index in [4.69, 9.17) is 4.98 Å². The number of hydrogen-bond acceptors (Lipinski definition) is 5. The lowest BCUT2D eigenvalue weighted by Crippen LogP contribution is -2.48. The van der Waals surface area contributed by atoms with Crippen molar-refractivity contribution in [3.05, 3.63) is 124 Å². The van der Waals surface area contributed by atoms with Crippen LogP contribution in [-0.2, 0) is 6.54 Å². The smallest absolute Gasteiger partial charge is 0.270 e. The predicted molar refractivity (Wildman–Crippen MR) is 155 cm³/mol. The average Bonchev–Trinajstić information content (AvgIpc) is 3.35. The van der Waals surface area contributed by atoms with Gasteiger partial charge in [0.25, 0.3) is 11.6 Å². The summed E-state index contributed by atoms with van der Waals surface area (Å²) in [7, 11) is 0. The van der Waals surface area contributed by atoms with Crippen molar-refractivity contribution < 1.29 is 9.72 Å². The van der Waals surface area contributed by atoms with Crippen molar-refractivity contribution in [1.82, 2.24) is 19.2 Å². The van der Waals surface area contributed by atoms with Crippen molar-refractivity contribution in [1.29, 1.82) is 0 Å². The van der Waals surface area contributed by atoms with Gasteiger partial charge in [-0.15, -0.1) is 0 Å². The number of hydrogen-bond donors (Lipinski definition) is 0. The maximum Gasteiger partial charge on any atom is 0.270 e. The first-order chi connectivity index (χ1) is 19.5. The number of fused-ring (bicyclic) bond motifs is 1. The number of imidazole rings is 1. The van der Waals surface area contributed by atoms with Crippen molar-refractivity contribution in [2.24, 2.45) is 0 Å². The van der Waals surface area contributed by atoms with Crippen LogP contribution in [0, 0.1) is 17.0 Å². The van der Waals surface area contributed by atoms with Crippen LogP contribution in [0.3, 0.4) is 0 Å². The summed E-state index contributed by atoms with van der Waals surface area (Å²) in [5, 5.41) is 11.2. The summed E-state index contributed by atoms with van der Waals surface area (Å²) in [6.07, 6.45) is 2.16. The lowest BCUT2D eigenvalue weighted by molar-refractivity contribution is -0.384. The van der Waals surface area contributed by atoms with Gasteiger partial charge >= 0.3 is 0 Å². The minimum atomic E-state index is -0.473. The number of carbonyl (C=O) groups is 1. The molecule has 1 aliphatic heterocycles. The molecule has 3 aromatic carbocycles. The first-order valence-electron chi connectivity index (χ1n) is 13.4. The van der Waals surface area contributed by atoms with Gasteiger partial charge in [0.15, 0.2) is 0 Å². The Hall–Kier alpha value is -4.82. The van der Waals surface area contributed by atoms with Crippen LogP contribution in [0.5, 0.6) is 0 Å². The number of non-ortho nitro benzene ring substituents is 1. The van der Waals surface area contributed by atoms with Gasteiger partial charge in [0.1, 0.15) is 5.65 Å². The highest BCUT2D eigenvalue weighted by molar-refractivity contribution is 5.95. The van der Waals surface area contributed by atoms with Crippen molar-refractivity contribution in [3.63, 3.8) is 0 Å². The van der Waals surface area contributed by atoms with Crippen LogP contribution in [-0.4, -0.2) is 56.2 Å². The Morgan fingerprint density at radius 3 is 2.30 bits per heavy atom. The van der Waals surface area contributed by atoms with E-state index < -0.39 is 4.92 Å². The SMILES string of the molecule is Cc1ccc(-c2nc3ccc(-c4ccccc4)cn3c2CN2CCN(C(=O)c3cccc([N+](=O)[O-])c3)CC2)cc1. The van der Waals surface area contributed by atoms with Crippen LogP contribution < -0.4 is 0 Å². The highest BCUT2D eigenvalue weighted by Gasteiger charge is 2.25. The van der Waals surface area contributed by atoms with Gasteiger partial charge in [0.2, 0.25) is 0 Å². The molecule has 2 aromatic heterocycles. The van der Waals surface area contributed by atoms with E-state index in [1.807, 2.05) is 18.2 Å². The van der Waals surface area contributed by atoms with E-state index in [0.29, 0.717) is 38.3 Å². The fraction of sp³-hybridized carbons (Fsp3) is 0.188. The van der Waals surface area contributed by atoms with Gasteiger partial charge in [-0.2, -0.15) is 0 Å². The molecule has 8 nitrogen and oxygen atoms in total. The number of pyridine rings is 1. The van der Waals surface area contributed by atoms with Crippen LogP contribution in [0.4, 0.5) is 5.69 Å². The van der Waals surface area contributed by atoms with Crippen LogP contribution in [0.2, 0.25) is 0 Å². The number of nitro groups is 1. The largest absolute Gasteiger partial charge is 0.336 e. The zero-order valence-electron chi connectivity index (χ0n) is 22.2. The fourth-order valence-corrected chi connectivity index (χ4v) is 5.24. The van der Waals surface area contributed by atoms with Gasteiger partial charge in [-0.05, 0) is 36.2 Å². The third-order valence-electron chi connectivity index (χ3n) is 7.49. The average molecular weight is 532 g/mol. The zero-order valence-corrected chi connectivity index (χ0v) is 22.2. The van der Waals surface area contributed by atoms with Crippen LogP contribution in [0.15, 0.2) is 97.2 Å². The van der Waals surface area contributed by atoms with E-state index >= 15 is 0 Å². The van der Waals surface area contributed by atoms with Gasteiger partial charge in [0, 0.05) is 62.2 Å². The summed E-state index contributed by atoms with van der Waals surface area (Å²) < 4.78 is 2.19. The fourth-order valence-electron chi connectivity index (χ4n) is 5.24. The van der Waals surface area contributed by atoms with Crippen molar-refractivity contribution in [2.45, 2.75) is 13.5 Å². The molecule has 0 spiro atoms. The van der Waals surface area contributed by atoms with E-state index in [0.717, 1.165) is 33.7 Å². The van der Waals surface area contributed by atoms with Crippen LogP contribution in [0.25, 0.3) is 28.0 Å². The molecule has 200 valence electrons. The number of benzene rings is 3. The summed E-state index contributed by atoms with van der Waals surface area (Å²) in [5.41, 5.74) is 7.77. The monoisotopic (exact) mass is 531 g/mol. The first kappa shape index (κ1) is 25.5. The lowest BCUT2D eigenvalue weighted by Gasteiger charge is -2.34.